The molecule has 5 nitrogen and oxygen atoms in total. The highest BCUT2D eigenvalue weighted by atomic mass is 16.5. The third-order valence-corrected chi connectivity index (χ3v) is 2.90. The smallest absolute Gasteiger partial charge is 0.323 e. The number of aliphatic carboxylic acids is 1. The quantitative estimate of drug-likeness (QED) is 0.846. The van der Waals surface area contributed by atoms with E-state index in [1.165, 1.54) is 11.9 Å². The van der Waals surface area contributed by atoms with Crippen LogP contribution in [-0.4, -0.2) is 42.6 Å². The molecule has 0 aromatic heterocycles. The van der Waals surface area contributed by atoms with E-state index in [0.717, 1.165) is 16.9 Å². The van der Waals surface area contributed by atoms with Crippen LogP contribution in [0.1, 0.15) is 17.5 Å². The summed E-state index contributed by atoms with van der Waals surface area (Å²) in [6.07, 6.45) is 0.803. The van der Waals surface area contributed by atoms with Gasteiger partial charge in [-0.15, -0.1) is 0 Å². The van der Waals surface area contributed by atoms with Gasteiger partial charge in [0.2, 0.25) is 5.91 Å². The number of hydrogen-bond donors (Lipinski definition) is 1. The van der Waals surface area contributed by atoms with E-state index in [4.69, 9.17) is 9.84 Å². The number of amides is 1. The number of carbonyl (C=O) groups excluding carboxylic acids is 1. The van der Waals surface area contributed by atoms with Gasteiger partial charge in [-0.2, -0.15) is 0 Å². The Kier molecular flexibility index (Phi) is 5.36. The molecule has 0 aliphatic rings. The van der Waals surface area contributed by atoms with Crippen molar-refractivity contribution in [2.45, 2.75) is 19.8 Å². The maximum atomic E-state index is 11.8. The van der Waals surface area contributed by atoms with Gasteiger partial charge in [-0.1, -0.05) is 18.2 Å². The van der Waals surface area contributed by atoms with Crippen molar-refractivity contribution < 1.29 is 19.4 Å². The molecule has 1 N–H and O–H groups in total. The average Bonchev–Trinajstić information content (AvgIpc) is 2.35. The Bertz CT molecular complexity index is 471. The molecule has 0 spiro atoms. The van der Waals surface area contributed by atoms with E-state index in [-0.39, 0.29) is 18.9 Å². The number of rotatable bonds is 6. The molecule has 0 saturated carbocycles. The highest BCUT2D eigenvalue weighted by Crippen LogP contribution is 2.24. The van der Waals surface area contributed by atoms with Gasteiger partial charge in [-0.05, 0) is 24.5 Å². The summed E-state index contributed by atoms with van der Waals surface area (Å²) in [5.74, 6) is -0.411. The average molecular weight is 265 g/mol. The Morgan fingerprint density at radius 1 is 1.37 bits per heavy atom. The zero-order chi connectivity index (χ0) is 14.4. The summed E-state index contributed by atoms with van der Waals surface area (Å²) in [6, 6.07) is 5.77. The highest BCUT2D eigenvalue weighted by Gasteiger charge is 2.13. The number of likely N-dealkylation sites (N-methyl/N-ethyl adjacent to an activating group) is 1. The number of para-hydroxylation sites is 1. The fraction of sp³-hybridized carbons (Fsp3) is 0.429. The molecule has 0 radical (unpaired) electrons. The molecule has 0 saturated heterocycles. The molecule has 19 heavy (non-hydrogen) atoms. The molecular weight excluding hydrogens is 246 g/mol. The first kappa shape index (κ1) is 15.0. The van der Waals surface area contributed by atoms with Crippen LogP contribution in [0.25, 0.3) is 0 Å². The lowest BCUT2D eigenvalue weighted by Crippen LogP contribution is -2.32. The van der Waals surface area contributed by atoms with Crippen LogP contribution in [0.5, 0.6) is 5.75 Å². The van der Waals surface area contributed by atoms with Gasteiger partial charge in [-0.25, -0.2) is 0 Å². The van der Waals surface area contributed by atoms with Crippen molar-refractivity contribution in [3.63, 3.8) is 0 Å². The molecule has 1 aromatic rings. The van der Waals surface area contributed by atoms with Gasteiger partial charge in [0.25, 0.3) is 0 Å². The Morgan fingerprint density at radius 3 is 2.63 bits per heavy atom. The number of carbonyl (C=O) groups is 2. The van der Waals surface area contributed by atoms with Crippen LogP contribution in [-0.2, 0) is 16.0 Å². The van der Waals surface area contributed by atoms with Gasteiger partial charge < -0.3 is 14.7 Å². The minimum absolute atomic E-state index is 0.189. The monoisotopic (exact) mass is 265 g/mol. The Morgan fingerprint density at radius 2 is 2.05 bits per heavy atom. The predicted molar refractivity (Wildman–Crippen MR) is 71.3 cm³/mol. The topological polar surface area (TPSA) is 66.8 Å². The van der Waals surface area contributed by atoms with E-state index in [1.807, 2.05) is 25.1 Å². The third kappa shape index (κ3) is 4.28. The first-order chi connectivity index (χ1) is 8.95. The maximum Gasteiger partial charge on any atom is 0.323 e. The van der Waals surface area contributed by atoms with Crippen molar-refractivity contribution >= 4 is 11.9 Å². The third-order valence-electron chi connectivity index (χ3n) is 2.90. The van der Waals surface area contributed by atoms with Crippen LogP contribution in [0, 0.1) is 6.92 Å². The molecule has 0 aliphatic heterocycles. The van der Waals surface area contributed by atoms with Crippen LogP contribution in [0.15, 0.2) is 18.2 Å². The second kappa shape index (κ2) is 6.78. The number of benzene rings is 1. The second-order valence-electron chi connectivity index (χ2n) is 4.41. The minimum Gasteiger partial charge on any atom is -0.496 e. The number of carboxylic acid groups (broad SMARTS) is 1. The summed E-state index contributed by atoms with van der Waals surface area (Å²) >= 11 is 0. The number of methoxy groups -OCH3 is 1. The van der Waals surface area contributed by atoms with Gasteiger partial charge in [-0.3, -0.25) is 9.59 Å². The van der Waals surface area contributed by atoms with Gasteiger partial charge >= 0.3 is 5.97 Å². The molecule has 0 bridgehead atoms. The molecule has 1 aromatic carbocycles. The summed E-state index contributed by atoms with van der Waals surface area (Å²) in [6.45, 7) is 1.67. The summed E-state index contributed by atoms with van der Waals surface area (Å²) in [5, 5.41) is 8.62. The lowest BCUT2D eigenvalue weighted by molar-refractivity contribution is -0.143. The number of aryl methyl sites for hydroxylation is 2. The van der Waals surface area contributed by atoms with E-state index >= 15 is 0 Å². The van der Waals surface area contributed by atoms with Gasteiger partial charge in [0.1, 0.15) is 12.3 Å². The molecule has 0 fully saturated rings. The van der Waals surface area contributed by atoms with Crippen LogP contribution in [0.3, 0.4) is 0 Å². The first-order valence-corrected chi connectivity index (χ1v) is 6.04. The molecule has 0 atom stereocenters. The fourth-order valence-electron chi connectivity index (χ4n) is 1.93. The highest BCUT2D eigenvalue weighted by molar-refractivity contribution is 5.81. The lowest BCUT2D eigenvalue weighted by atomic mass is 10.0. The number of carboxylic acids is 1. The zero-order valence-electron chi connectivity index (χ0n) is 11.5. The van der Waals surface area contributed by atoms with Gasteiger partial charge in [0, 0.05) is 13.5 Å². The van der Waals surface area contributed by atoms with E-state index in [2.05, 4.69) is 0 Å². The van der Waals surface area contributed by atoms with E-state index in [1.54, 1.807) is 7.11 Å². The van der Waals surface area contributed by atoms with Crippen LogP contribution >= 0.6 is 0 Å². The summed E-state index contributed by atoms with van der Waals surface area (Å²) < 4.78 is 5.31. The molecular formula is C14H19NO4. The first-order valence-electron chi connectivity index (χ1n) is 6.04. The summed E-state index contributed by atoms with van der Waals surface area (Å²) in [5.41, 5.74) is 1.98. The summed E-state index contributed by atoms with van der Waals surface area (Å²) in [7, 11) is 3.09. The van der Waals surface area contributed by atoms with E-state index in [9.17, 15) is 9.59 Å². The number of hydrogen-bond acceptors (Lipinski definition) is 3. The van der Waals surface area contributed by atoms with Crippen molar-refractivity contribution in [1.29, 1.82) is 0 Å². The molecule has 0 unspecified atom stereocenters. The SMILES string of the molecule is COc1c(C)cccc1CCC(=O)N(C)CC(=O)O. The standard InChI is InChI=1S/C14H19NO4/c1-10-5-4-6-11(14(10)19-3)7-8-12(16)15(2)9-13(17)18/h4-6H,7-9H2,1-3H3,(H,17,18). The Balaban J connectivity index is 2.64. The molecule has 1 rings (SSSR count). The fourth-order valence-corrected chi connectivity index (χ4v) is 1.93. The number of ether oxygens (including phenoxy) is 1. The van der Waals surface area contributed by atoms with Crippen molar-refractivity contribution in [2.24, 2.45) is 0 Å². The van der Waals surface area contributed by atoms with E-state index < -0.39 is 5.97 Å². The Hall–Kier alpha value is -2.04. The number of nitrogens with zero attached hydrogens (tertiary/aromatic N) is 1. The molecule has 0 aliphatic carbocycles. The van der Waals surface area contributed by atoms with E-state index in [0.29, 0.717) is 6.42 Å². The zero-order valence-corrected chi connectivity index (χ0v) is 11.5. The van der Waals surface area contributed by atoms with Crippen molar-refractivity contribution in [3.8, 4) is 5.75 Å². The lowest BCUT2D eigenvalue weighted by Gasteiger charge is -2.15. The van der Waals surface area contributed by atoms with Crippen molar-refractivity contribution in [2.75, 3.05) is 20.7 Å². The Labute approximate surface area is 112 Å². The van der Waals surface area contributed by atoms with Gasteiger partial charge in [0.05, 0.1) is 7.11 Å². The molecule has 104 valence electrons. The van der Waals surface area contributed by atoms with Crippen LogP contribution < -0.4 is 4.74 Å². The molecule has 1 amide bonds. The summed E-state index contributed by atoms with van der Waals surface area (Å²) in [4.78, 5) is 23.5. The minimum atomic E-state index is -1.01. The van der Waals surface area contributed by atoms with Crippen LogP contribution in [0.2, 0.25) is 0 Å². The maximum absolute atomic E-state index is 11.8. The van der Waals surface area contributed by atoms with Crippen molar-refractivity contribution in [1.82, 2.24) is 4.90 Å². The molecule has 0 heterocycles. The predicted octanol–water partition coefficient (Wildman–Crippen LogP) is 1.48. The normalized spacial score (nSPS) is 10.1. The van der Waals surface area contributed by atoms with Crippen LogP contribution in [0.4, 0.5) is 0 Å². The second-order valence-corrected chi connectivity index (χ2v) is 4.41. The molecule has 5 heteroatoms. The van der Waals surface area contributed by atoms with Gasteiger partial charge in [0.15, 0.2) is 0 Å². The largest absolute Gasteiger partial charge is 0.496 e. The van der Waals surface area contributed by atoms with Crippen molar-refractivity contribution in [3.05, 3.63) is 29.3 Å².